The van der Waals surface area contributed by atoms with E-state index in [0.29, 0.717) is 19.7 Å². The van der Waals surface area contributed by atoms with Crippen LogP contribution in [0.2, 0.25) is 0 Å². The molecule has 1 unspecified atom stereocenters. The molecule has 0 aromatic rings. The van der Waals surface area contributed by atoms with Crippen LogP contribution in [0.1, 0.15) is 6.92 Å². The number of hydrogen-bond acceptors (Lipinski definition) is 4. The fraction of sp³-hybridized carbons (Fsp3) is 0.889. The molecule has 0 aliphatic rings. The summed E-state index contributed by atoms with van der Waals surface area (Å²) >= 11 is 0. The Hall–Kier alpha value is -0.650. The molecule has 5 nitrogen and oxygen atoms in total. The van der Waals surface area contributed by atoms with Crippen LogP contribution in [-0.4, -0.2) is 51.0 Å². The van der Waals surface area contributed by atoms with Crippen molar-refractivity contribution < 1.29 is 14.6 Å². The van der Waals surface area contributed by atoms with E-state index in [2.05, 4.69) is 10.6 Å². The fourth-order valence-electron chi connectivity index (χ4n) is 0.852. The molecule has 0 bridgehead atoms. The van der Waals surface area contributed by atoms with E-state index in [1.54, 1.807) is 7.11 Å². The van der Waals surface area contributed by atoms with Crippen molar-refractivity contribution in [2.75, 3.05) is 40.0 Å². The quantitative estimate of drug-likeness (QED) is 0.442. The molecule has 0 aliphatic carbocycles. The molecule has 5 heteroatoms. The van der Waals surface area contributed by atoms with E-state index in [9.17, 15) is 4.79 Å². The van der Waals surface area contributed by atoms with Gasteiger partial charge in [0.05, 0.1) is 13.2 Å². The molecule has 0 spiro atoms. The minimum absolute atomic E-state index is 0.0489. The molecule has 0 radical (unpaired) electrons. The molecule has 3 N–H and O–H groups in total. The van der Waals surface area contributed by atoms with Crippen LogP contribution in [0.15, 0.2) is 0 Å². The van der Waals surface area contributed by atoms with Gasteiger partial charge in [-0.2, -0.15) is 0 Å². The average Bonchev–Trinajstić information content (AvgIpc) is 2.18. The van der Waals surface area contributed by atoms with E-state index >= 15 is 0 Å². The van der Waals surface area contributed by atoms with Crippen LogP contribution in [0.5, 0.6) is 0 Å². The molecule has 14 heavy (non-hydrogen) atoms. The van der Waals surface area contributed by atoms with Crippen LogP contribution in [-0.2, 0) is 9.53 Å². The number of ether oxygens (including phenoxy) is 1. The first-order valence-corrected chi connectivity index (χ1v) is 4.78. The molecule has 0 aromatic carbocycles. The lowest BCUT2D eigenvalue weighted by atomic mass is 10.2. The number of hydrogen-bond donors (Lipinski definition) is 3. The maximum absolute atomic E-state index is 11.1. The highest BCUT2D eigenvalue weighted by Crippen LogP contribution is 1.87. The Morgan fingerprint density at radius 1 is 1.57 bits per heavy atom. The Labute approximate surface area is 84.8 Å². The van der Waals surface area contributed by atoms with Gasteiger partial charge in [0.1, 0.15) is 0 Å². The van der Waals surface area contributed by atoms with E-state index in [-0.39, 0.29) is 25.0 Å². The largest absolute Gasteiger partial charge is 0.396 e. The Kier molecular flexibility index (Phi) is 8.51. The second kappa shape index (κ2) is 8.93. The highest BCUT2D eigenvalue weighted by molar-refractivity contribution is 5.77. The summed E-state index contributed by atoms with van der Waals surface area (Å²) in [6, 6.07) is 0. The van der Waals surface area contributed by atoms with Gasteiger partial charge in [0, 0.05) is 26.8 Å². The first-order valence-electron chi connectivity index (χ1n) is 4.78. The number of aliphatic hydroxyl groups excluding tert-OH is 1. The van der Waals surface area contributed by atoms with Crippen LogP contribution >= 0.6 is 0 Å². The van der Waals surface area contributed by atoms with Crippen molar-refractivity contribution >= 4 is 5.91 Å². The normalized spacial score (nSPS) is 12.5. The Bertz CT molecular complexity index is 153. The zero-order chi connectivity index (χ0) is 10.8. The Balaban J connectivity index is 3.26. The van der Waals surface area contributed by atoms with Gasteiger partial charge in [-0.1, -0.05) is 6.92 Å². The van der Waals surface area contributed by atoms with Crippen molar-refractivity contribution in [1.29, 1.82) is 0 Å². The number of carbonyl (C=O) groups excluding carboxylic acids is 1. The van der Waals surface area contributed by atoms with Gasteiger partial charge in [0.25, 0.3) is 0 Å². The van der Waals surface area contributed by atoms with Crippen LogP contribution in [0, 0.1) is 5.92 Å². The maximum Gasteiger partial charge on any atom is 0.234 e. The standard InChI is InChI=1S/C9H20N2O3/c1-8(7-12)5-10-6-9(13)11-3-4-14-2/h8,10,12H,3-7H2,1-2H3,(H,11,13). The van der Waals surface area contributed by atoms with Crippen LogP contribution < -0.4 is 10.6 Å². The summed E-state index contributed by atoms with van der Waals surface area (Å²) in [5, 5.41) is 14.4. The molecular formula is C9H20N2O3. The van der Waals surface area contributed by atoms with Gasteiger partial charge >= 0.3 is 0 Å². The molecule has 0 saturated heterocycles. The third-order valence-corrected chi connectivity index (χ3v) is 1.72. The minimum Gasteiger partial charge on any atom is -0.396 e. The van der Waals surface area contributed by atoms with Gasteiger partial charge in [-0.15, -0.1) is 0 Å². The highest BCUT2D eigenvalue weighted by Gasteiger charge is 2.02. The molecule has 0 aliphatic heterocycles. The molecule has 0 aromatic heterocycles. The SMILES string of the molecule is COCCNC(=O)CNCC(C)CO. The monoisotopic (exact) mass is 204 g/mol. The van der Waals surface area contributed by atoms with Crippen molar-refractivity contribution in [2.45, 2.75) is 6.92 Å². The van der Waals surface area contributed by atoms with Crippen LogP contribution in [0.3, 0.4) is 0 Å². The number of amides is 1. The summed E-state index contributed by atoms with van der Waals surface area (Å²) in [4.78, 5) is 11.1. The molecular weight excluding hydrogens is 184 g/mol. The molecule has 0 heterocycles. The Morgan fingerprint density at radius 2 is 2.29 bits per heavy atom. The molecule has 0 fully saturated rings. The minimum atomic E-state index is -0.0489. The zero-order valence-corrected chi connectivity index (χ0v) is 8.88. The summed E-state index contributed by atoms with van der Waals surface area (Å²) in [5.74, 6) is 0.133. The van der Waals surface area contributed by atoms with Crippen LogP contribution in [0.4, 0.5) is 0 Å². The molecule has 1 atom stereocenters. The predicted molar refractivity (Wildman–Crippen MR) is 54.0 cm³/mol. The van der Waals surface area contributed by atoms with Gasteiger partial charge < -0.3 is 20.5 Å². The third-order valence-electron chi connectivity index (χ3n) is 1.72. The number of carbonyl (C=O) groups is 1. The second-order valence-corrected chi connectivity index (χ2v) is 3.26. The first kappa shape index (κ1) is 13.4. The molecule has 0 rings (SSSR count). The van der Waals surface area contributed by atoms with Crippen molar-refractivity contribution in [3.63, 3.8) is 0 Å². The smallest absolute Gasteiger partial charge is 0.234 e. The van der Waals surface area contributed by atoms with Crippen molar-refractivity contribution in [1.82, 2.24) is 10.6 Å². The van der Waals surface area contributed by atoms with E-state index in [1.165, 1.54) is 0 Å². The number of nitrogens with one attached hydrogen (secondary N) is 2. The van der Waals surface area contributed by atoms with Crippen molar-refractivity contribution in [3.05, 3.63) is 0 Å². The first-order chi connectivity index (χ1) is 6.70. The average molecular weight is 204 g/mol. The van der Waals surface area contributed by atoms with Crippen molar-refractivity contribution in [2.24, 2.45) is 5.92 Å². The Morgan fingerprint density at radius 3 is 2.86 bits per heavy atom. The van der Waals surface area contributed by atoms with Crippen LogP contribution in [0.25, 0.3) is 0 Å². The van der Waals surface area contributed by atoms with Gasteiger partial charge in [-0.25, -0.2) is 0 Å². The van der Waals surface area contributed by atoms with E-state index in [0.717, 1.165) is 0 Å². The van der Waals surface area contributed by atoms with Gasteiger partial charge in [-0.3, -0.25) is 4.79 Å². The van der Waals surface area contributed by atoms with Gasteiger partial charge in [0.15, 0.2) is 0 Å². The lowest BCUT2D eigenvalue weighted by molar-refractivity contribution is -0.120. The maximum atomic E-state index is 11.1. The predicted octanol–water partition coefficient (Wildman–Crippen LogP) is -1.03. The zero-order valence-electron chi connectivity index (χ0n) is 8.88. The van der Waals surface area contributed by atoms with Crippen molar-refractivity contribution in [3.8, 4) is 0 Å². The lowest BCUT2D eigenvalue weighted by Crippen LogP contribution is -2.37. The van der Waals surface area contributed by atoms with Gasteiger partial charge in [-0.05, 0) is 5.92 Å². The summed E-state index contributed by atoms with van der Waals surface area (Å²) < 4.78 is 4.78. The third kappa shape index (κ3) is 7.97. The number of aliphatic hydroxyl groups is 1. The number of rotatable bonds is 8. The lowest BCUT2D eigenvalue weighted by Gasteiger charge is -2.09. The summed E-state index contributed by atoms with van der Waals surface area (Å²) in [6.45, 7) is 4.04. The van der Waals surface area contributed by atoms with E-state index < -0.39 is 0 Å². The summed E-state index contributed by atoms with van der Waals surface area (Å²) in [6.07, 6.45) is 0. The fourth-order valence-corrected chi connectivity index (χ4v) is 0.852. The molecule has 84 valence electrons. The number of methoxy groups -OCH3 is 1. The highest BCUT2D eigenvalue weighted by atomic mass is 16.5. The van der Waals surface area contributed by atoms with E-state index in [1.807, 2.05) is 6.92 Å². The topological polar surface area (TPSA) is 70.6 Å². The molecule has 1 amide bonds. The summed E-state index contributed by atoms with van der Waals surface area (Å²) in [5.41, 5.74) is 0. The molecule has 0 saturated carbocycles. The summed E-state index contributed by atoms with van der Waals surface area (Å²) in [7, 11) is 1.59. The second-order valence-electron chi connectivity index (χ2n) is 3.26. The van der Waals surface area contributed by atoms with E-state index in [4.69, 9.17) is 9.84 Å². The van der Waals surface area contributed by atoms with Gasteiger partial charge in [0.2, 0.25) is 5.91 Å².